The summed E-state index contributed by atoms with van der Waals surface area (Å²) in [5.74, 6) is -0.825. The van der Waals surface area contributed by atoms with E-state index in [1.807, 2.05) is 45.0 Å². The third-order valence-electron chi connectivity index (χ3n) is 3.42. The summed E-state index contributed by atoms with van der Waals surface area (Å²) >= 11 is 0. The molecule has 2 rings (SSSR count). The van der Waals surface area contributed by atoms with Crippen molar-refractivity contribution in [3.8, 4) is 16.9 Å². The Morgan fingerprint density at radius 2 is 1.81 bits per heavy atom. The molecular weight excluding hydrogens is 334 g/mol. The van der Waals surface area contributed by atoms with Gasteiger partial charge in [-0.15, -0.1) is 0 Å². The maximum atomic E-state index is 11.9. The maximum Gasteiger partial charge on any atom is 0.341 e. The fourth-order valence-corrected chi connectivity index (χ4v) is 2.39. The normalized spacial score (nSPS) is 11.0. The van der Waals surface area contributed by atoms with Crippen molar-refractivity contribution in [3.05, 3.63) is 48.3 Å². The second-order valence-electron chi connectivity index (χ2n) is 6.84. The lowest BCUT2D eigenvalue weighted by molar-refractivity contribution is -0.154. The van der Waals surface area contributed by atoms with E-state index in [1.165, 1.54) is 0 Å². The minimum Gasteiger partial charge on any atom is -0.481 e. The van der Waals surface area contributed by atoms with Crippen LogP contribution in [-0.4, -0.2) is 34.2 Å². The average Bonchev–Trinajstić information content (AvgIpc) is 2.57. The van der Waals surface area contributed by atoms with Gasteiger partial charge in [0.15, 0.2) is 6.61 Å². The zero-order valence-corrected chi connectivity index (χ0v) is 15.2. The summed E-state index contributed by atoms with van der Waals surface area (Å²) < 4.78 is 10.7. The van der Waals surface area contributed by atoms with Gasteiger partial charge >= 0.3 is 11.9 Å². The number of aryl methyl sites for hydroxylation is 1. The Hall–Kier alpha value is -2.89. The minimum absolute atomic E-state index is 0.255. The Balaban J connectivity index is 2.19. The number of pyridine rings is 1. The number of esters is 1. The van der Waals surface area contributed by atoms with E-state index in [2.05, 4.69) is 4.98 Å². The first-order valence-corrected chi connectivity index (χ1v) is 8.34. The van der Waals surface area contributed by atoms with Gasteiger partial charge in [0, 0.05) is 24.4 Å². The number of aliphatic carboxylic acids is 1. The lowest BCUT2D eigenvalue weighted by Crippen LogP contribution is -2.24. The number of nitrogens with zero attached hydrogens (tertiary/aromatic N) is 1. The van der Waals surface area contributed by atoms with Crippen LogP contribution in [0.1, 0.15) is 32.8 Å². The molecule has 6 nitrogen and oxygen atoms in total. The molecule has 0 amide bonds. The molecule has 1 aromatic heterocycles. The summed E-state index contributed by atoms with van der Waals surface area (Å²) in [7, 11) is 0. The van der Waals surface area contributed by atoms with Crippen molar-refractivity contribution in [1.29, 1.82) is 0 Å². The van der Waals surface area contributed by atoms with Crippen LogP contribution in [0.3, 0.4) is 0 Å². The Morgan fingerprint density at radius 1 is 1.12 bits per heavy atom. The van der Waals surface area contributed by atoms with Gasteiger partial charge in [0.2, 0.25) is 0 Å². The quantitative estimate of drug-likeness (QED) is 0.764. The van der Waals surface area contributed by atoms with E-state index in [-0.39, 0.29) is 12.4 Å². The molecule has 0 radical (unpaired) electrons. The second kappa shape index (κ2) is 8.47. The number of ether oxygens (including phenoxy) is 2. The van der Waals surface area contributed by atoms with Crippen LogP contribution in [0, 0.1) is 0 Å². The number of hydrogen-bond donors (Lipinski definition) is 1. The van der Waals surface area contributed by atoms with Gasteiger partial charge in [-0.3, -0.25) is 9.78 Å². The molecule has 0 bridgehead atoms. The molecule has 0 unspecified atom stereocenters. The Morgan fingerprint density at radius 3 is 2.42 bits per heavy atom. The van der Waals surface area contributed by atoms with Gasteiger partial charge in [0.1, 0.15) is 11.4 Å². The number of carboxylic acids is 1. The van der Waals surface area contributed by atoms with Gasteiger partial charge in [-0.05, 0) is 62.6 Å². The van der Waals surface area contributed by atoms with Gasteiger partial charge in [-0.25, -0.2) is 4.79 Å². The van der Waals surface area contributed by atoms with E-state index in [1.54, 1.807) is 18.5 Å². The summed E-state index contributed by atoms with van der Waals surface area (Å²) in [6, 6.07) is 9.09. The van der Waals surface area contributed by atoms with Gasteiger partial charge in [-0.1, -0.05) is 6.07 Å². The molecule has 0 aliphatic rings. The number of hydrogen-bond acceptors (Lipinski definition) is 5. The molecule has 26 heavy (non-hydrogen) atoms. The highest BCUT2D eigenvalue weighted by Gasteiger charge is 2.16. The molecular formula is C20H23NO5. The van der Waals surface area contributed by atoms with Gasteiger partial charge in [0.05, 0.1) is 0 Å². The fraction of sp³-hybridized carbons (Fsp3) is 0.350. The van der Waals surface area contributed by atoms with Crippen molar-refractivity contribution in [3.63, 3.8) is 0 Å². The zero-order chi connectivity index (χ0) is 19.2. The van der Waals surface area contributed by atoms with Crippen LogP contribution in [0.25, 0.3) is 11.1 Å². The van der Waals surface area contributed by atoms with Crippen molar-refractivity contribution >= 4 is 11.9 Å². The Labute approximate surface area is 152 Å². The molecule has 0 fully saturated rings. The van der Waals surface area contributed by atoms with Crippen molar-refractivity contribution in [1.82, 2.24) is 4.98 Å². The highest BCUT2D eigenvalue weighted by Crippen LogP contribution is 2.31. The molecule has 0 aliphatic heterocycles. The zero-order valence-electron chi connectivity index (χ0n) is 15.2. The Kier molecular flexibility index (Phi) is 6.33. The van der Waals surface area contributed by atoms with Crippen LogP contribution in [0.4, 0.5) is 0 Å². The summed E-state index contributed by atoms with van der Waals surface area (Å²) in [6.45, 7) is 5.08. The fourth-order valence-electron chi connectivity index (χ4n) is 2.39. The molecule has 0 atom stereocenters. The van der Waals surface area contributed by atoms with Gasteiger partial charge in [-0.2, -0.15) is 0 Å². The number of aromatic nitrogens is 1. The first-order valence-electron chi connectivity index (χ1n) is 8.34. The predicted octanol–water partition coefficient (Wildman–Crippen LogP) is 3.49. The molecule has 1 N–H and O–H groups in total. The van der Waals surface area contributed by atoms with Crippen molar-refractivity contribution in [2.45, 2.75) is 39.2 Å². The number of carbonyl (C=O) groups is 2. The highest BCUT2D eigenvalue weighted by molar-refractivity contribution is 5.73. The summed E-state index contributed by atoms with van der Waals surface area (Å²) in [5, 5.41) is 8.84. The SMILES string of the molecule is CC(C)(C)OC(=O)CCc1ccc(OCC(=O)O)c(-c2ccncc2)c1. The molecule has 0 saturated heterocycles. The van der Waals surface area contributed by atoms with E-state index < -0.39 is 18.2 Å². The van der Waals surface area contributed by atoms with Crippen molar-refractivity contribution in [2.24, 2.45) is 0 Å². The predicted molar refractivity (Wildman–Crippen MR) is 97.0 cm³/mol. The molecule has 1 aromatic carbocycles. The first kappa shape index (κ1) is 19.4. The number of carboxylic acid groups (broad SMARTS) is 1. The molecule has 0 saturated carbocycles. The average molecular weight is 357 g/mol. The highest BCUT2D eigenvalue weighted by atomic mass is 16.6. The van der Waals surface area contributed by atoms with Crippen LogP contribution >= 0.6 is 0 Å². The molecule has 1 heterocycles. The van der Waals surface area contributed by atoms with E-state index >= 15 is 0 Å². The van der Waals surface area contributed by atoms with E-state index in [0.717, 1.165) is 16.7 Å². The molecule has 138 valence electrons. The van der Waals surface area contributed by atoms with Crippen LogP contribution < -0.4 is 4.74 Å². The first-order chi connectivity index (χ1) is 12.2. The van der Waals surface area contributed by atoms with Crippen molar-refractivity contribution in [2.75, 3.05) is 6.61 Å². The molecule has 6 heteroatoms. The standard InChI is InChI=1S/C20H23NO5/c1-20(2,3)26-19(24)7-5-14-4-6-17(25-13-18(22)23)16(12-14)15-8-10-21-11-9-15/h4,6,8-12H,5,7,13H2,1-3H3,(H,22,23). The van der Waals surface area contributed by atoms with E-state index in [0.29, 0.717) is 12.2 Å². The summed E-state index contributed by atoms with van der Waals surface area (Å²) in [4.78, 5) is 26.7. The smallest absolute Gasteiger partial charge is 0.341 e. The van der Waals surface area contributed by atoms with Gasteiger partial charge in [0.25, 0.3) is 0 Å². The van der Waals surface area contributed by atoms with Gasteiger partial charge < -0.3 is 14.6 Å². The minimum atomic E-state index is -1.04. The third-order valence-corrected chi connectivity index (χ3v) is 3.42. The van der Waals surface area contributed by atoms with Crippen LogP contribution in [-0.2, 0) is 20.7 Å². The van der Waals surface area contributed by atoms with Crippen LogP contribution in [0.15, 0.2) is 42.7 Å². The number of carbonyl (C=O) groups excluding carboxylic acids is 1. The lowest BCUT2D eigenvalue weighted by atomic mass is 10.0. The second-order valence-corrected chi connectivity index (χ2v) is 6.84. The molecule has 0 spiro atoms. The number of benzene rings is 1. The molecule has 0 aliphatic carbocycles. The molecule has 2 aromatic rings. The third kappa shape index (κ3) is 6.20. The largest absolute Gasteiger partial charge is 0.481 e. The maximum absolute atomic E-state index is 11.9. The van der Waals surface area contributed by atoms with Crippen LogP contribution in [0.5, 0.6) is 5.75 Å². The lowest BCUT2D eigenvalue weighted by Gasteiger charge is -2.19. The summed E-state index contributed by atoms with van der Waals surface area (Å²) in [6.07, 6.45) is 4.10. The van der Waals surface area contributed by atoms with Crippen molar-refractivity contribution < 1.29 is 24.2 Å². The van der Waals surface area contributed by atoms with E-state index in [9.17, 15) is 9.59 Å². The van der Waals surface area contributed by atoms with Crippen LogP contribution in [0.2, 0.25) is 0 Å². The monoisotopic (exact) mass is 357 g/mol. The Bertz CT molecular complexity index is 766. The summed E-state index contributed by atoms with van der Waals surface area (Å²) in [5.41, 5.74) is 2.05. The topological polar surface area (TPSA) is 85.7 Å². The number of rotatable bonds is 7. The van der Waals surface area contributed by atoms with E-state index in [4.69, 9.17) is 14.6 Å².